The van der Waals surface area contributed by atoms with Gasteiger partial charge in [0.15, 0.2) is 0 Å². The summed E-state index contributed by atoms with van der Waals surface area (Å²) in [5.74, 6) is -0.561. The lowest BCUT2D eigenvalue weighted by molar-refractivity contribution is -0.117. The molecule has 0 radical (unpaired) electrons. The highest BCUT2D eigenvalue weighted by atomic mass is 16.5. The largest absolute Gasteiger partial charge is 0.379 e. The standard InChI is InChI=1S/C18H23N5O3/c1-14(24)22-17-4-2-16(3-5-17)21-13-15(12-19)18(25)20-6-7-23-8-10-26-11-9-23/h2-5,13,21H,6-11H2,1H3,(H,20,25)(H,22,24)/b15-13-. The maximum Gasteiger partial charge on any atom is 0.263 e. The Bertz CT molecular complexity index is 688. The van der Waals surface area contributed by atoms with Crippen LogP contribution in [0.25, 0.3) is 0 Å². The number of hydrogen-bond acceptors (Lipinski definition) is 6. The molecule has 0 atom stereocenters. The lowest BCUT2D eigenvalue weighted by atomic mass is 10.2. The monoisotopic (exact) mass is 357 g/mol. The van der Waals surface area contributed by atoms with Crippen LogP contribution in [0.2, 0.25) is 0 Å². The van der Waals surface area contributed by atoms with Crippen molar-refractivity contribution in [3.05, 3.63) is 36.0 Å². The van der Waals surface area contributed by atoms with Gasteiger partial charge >= 0.3 is 0 Å². The normalized spacial score (nSPS) is 15.0. The molecule has 2 amide bonds. The molecule has 1 aliphatic heterocycles. The molecule has 1 aliphatic rings. The van der Waals surface area contributed by atoms with Gasteiger partial charge in [-0.25, -0.2) is 0 Å². The van der Waals surface area contributed by atoms with Crippen molar-refractivity contribution in [2.45, 2.75) is 6.92 Å². The van der Waals surface area contributed by atoms with E-state index >= 15 is 0 Å². The van der Waals surface area contributed by atoms with Crippen LogP contribution in [0.15, 0.2) is 36.0 Å². The summed E-state index contributed by atoms with van der Waals surface area (Å²) < 4.78 is 5.27. The van der Waals surface area contributed by atoms with Gasteiger partial charge in [0.2, 0.25) is 5.91 Å². The molecule has 1 heterocycles. The lowest BCUT2D eigenvalue weighted by Crippen LogP contribution is -2.41. The number of rotatable bonds is 7. The fraction of sp³-hybridized carbons (Fsp3) is 0.389. The Morgan fingerprint density at radius 3 is 2.50 bits per heavy atom. The van der Waals surface area contributed by atoms with Gasteiger partial charge in [-0.3, -0.25) is 14.5 Å². The minimum Gasteiger partial charge on any atom is -0.379 e. The number of nitrogens with zero attached hydrogens (tertiary/aromatic N) is 2. The van der Waals surface area contributed by atoms with Crippen molar-refractivity contribution in [2.24, 2.45) is 0 Å². The molecule has 1 fully saturated rings. The Balaban J connectivity index is 1.81. The molecular formula is C18H23N5O3. The second-order valence-electron chi connectivity index (χ2n) is 5.78. The Morgan fingerprint density at radius 1 is 1.23 bits per heavy atom. The van der Waals surface area contributed by atoms with E-state index in [-0.39, 0.29) is 11.5 Å². The predicted molar refractivity (Wildman–Crippen MR) is 98.3 cm³/mol. The van der Waals surface area contributed by atoms with Gasteiger partial charge in [-0.15, -0.1) is 0 Å². The molecule has 3 N–H and O–H groups in total. The third kappa shape index (κ3) is 6.55. The number of benzene rings is 1. The molecule has 0 spiro atoms. The van der Waals surface area contributed by atoms with E-state index in [1.54, 1.807) is 24.3 Å². The molecule has 8 heteroatoms. The zero-order chi connectivity index (χ0) is 18.8. The average Bonchev–Trinajstić information content (AvgIpc) is 2.64. The van der Waals surface area contributed by atoms with Crippen LogP contribution in [-0.2, 0) is 14.3 Å². The van der Waals surface area contributed by atoms with Crippen LogP contribution < -0.4 is 16.0 Å². The van der Waals surface area contributed by atoms with Crippen molar-refractivity contribution in [3.8, 4) is 6.07 Å². The Morgan fingerprint density at radius 2 is 1.88 bits per heavy atom. The fourth-order valence-corrected chi connectivity index (χ4v) is 2.40. The number of hydrogen-bond donors (Lipinski definition) is 3. The summed E-state index contributed by atoms with van der Waals surface area (Å²) >= 11 is 0. The molecule has 0 aliphatic carbocycles. The zero-order valence-corrected chi connectivity index (χ0v) is 14.7. The quantitative estimate of drug-likeness (QED) is 0.495. The van der Waals surface area contributed by atoms with Gasteiger partial charge in [-0.2, -0.15) is 5.26 Å². The fourth-order valence-electron chi connectivity index (χ4n) is 2.40. The van der Waals surface area contributed by atoms with Gasteiger partial charge < -0.3 is 20.7 Å². The SMILES string of the molecule is CC(=O)Nc1ccc(N/C=C(/C#N)C(=O)NCCN2CCOCC2)cc1. The van der Waals surface area contributed by atoms with Crippen LogP contribution in [0.1, 0.15) is 6.92 Å². The Kier molecular flexibility index (Phi) is 7.61. The number of ether oxygens (including phenoxy) is 1. The molecule has 0 saturated carbocycles. The summed E-state index contributed by atoms with van der Waals surface area (Å²) in [4.78, 5) is 25.3. The van der Waals surface area contributed by atoms with Crippen LogP contribution in [0.4, 0.5) is 11.4 Å². The molecule has 0 aromatic heterocycles. The van der Waals surface area contributed by atoms with Crippen LogP contribution in [0.5, 0.6) is 0 Å². The lowest BCUT2D eigenvalue weighted by Gasteiger charge is -2.26. The maximum absolute atomic E-state index is 12.1. The number of carbonyl (C=O) groups is 2. The smallest absolute Gasteiger partial charge is 0.263 e. The van der Waals surface area contributed by atoms with Crippen molar-refractivity contribution in [3.63, 3.8) is 0 Å². The number of anilines is 2. The van der Waals surface area contributed by atoms with Crippen LogP contribution >= 0.6 is 0 Å². The number of carbonyl (C=O) groups excluding carboxylic acids is 2. The average molecular weight is 357 g/mol. The number of nitrogens with one attached hydrogen (secondary N) is 3. The molecule has 0 bridgehead atoms. The molecule has 1 aromatic rings. The Hall–Kier alpha value is -2.89. The molecule has 0 unspecified atom stereocenters. The second kappa shape index (κ2) is 10.2. The van der Waals surface area contributed by atoms with Gasteiger partial charge in [-0.1, -0.05) is 0 Å². The maximum atomic E-state index is 12.1. The van der Waals surface area contributed by atoms with Crippen molar-refractivity contribution < 1.29 is 14.3 Å². The van der Waals surface area contributed by atoms with Gasteiger partial charge in [0.25, 0.3) is 5.91 Å². The number of morpholine rings is 1. The number of nitriles is 1. The van der Waals surface area contributed by atoms with Crippen LogP contribution in [0, 0.1) is 11.3 Å². The van der Waals surface area contributed by atoms with E-state index in [0.29, 0.717) is 31.1 Å². The minimum atomic E-state index is -0.414. The second-order valence-corrected chi connectivity index (χ2v) is 5.78. The van der Waals surface area contributed by atoms with Crippen molar-refractivity contribution >= 4 is 23.2 Å². The number of amides is 2. The molecule has 26 heavy (non-hydrogen) atoms. The van der Waals surface area contributed by atoms with E-state index < -0.39 is 5.91 Å². The molecule has 1 saturated heterocycles. The predicted octanol–water partition coefficient (Wildman–Crippen LogP) is 0.913. The van der Waals surface area contributed by atoms with E-state index in [9.17, 15) is 14.9 Å². The highest BCUT2D eigenvalue weighted by molar-refractivity contribution is 5.97. The third-order valence-corrected chi connectivity index (χ3v) is 3.77. The zero-order valence-electron chi connectivity index (χ0n) is 14.7. The summed E-state index contributed by atoms with van der Waals surface area (Å²) in [5, 5.41) is 17.5. The molecule has 138 valence electrons. The highest BCUT2D eigenvalue weighted by Crippen LogP contribution is 2.13. The van der Waals surface area contributed by atoms with E-state index in [0.717, 1.165) is 19.6 Å². The molecule has 2 rings (SSSR count). The van der Waals surface area contributed by atoms with E-state index in [1.165, 1.54) is 13.1 Å². The summed E-state index contributed by atoms with van der Waals surface area (Å²) in [6, 6.07) is 8.84. The summed E-state index contributed by atoms with van der Waals surface area (Å²) in [7, 11) is 0. The van der Waals surface area contributed by atoms with Crippen molar-refractivity contribution in [1.82, 2.24) is 10.2 Å². The third-order valence-electron chi connectivity index (χ3n) is 3.77. The molecule has 1 aromatic carbocycles. The highest BCUT2D eigenvalue weighted by Gasteiger charge is 2.12. The summed E-state index contributed by atoms with van der Waals surface area (Å²) in [6.45, 7) is 5.77. The summed E-state index contributed by atoms with van der Waals surface area (Å²) in [5.41, 5.74) is 1.37. The van der Waals surface area contributed by atoms with Gasteiger partial charge in [-0.05, 0) is 24.3 Å². The van der Waals surface area contributed by atoms with Gasteiger partial charge in [0.1, 0.15) is 11.6 Å². The Labute approximate surface area is 152 Å². The van der Waals surface area contributed by atoms with E-state index in [2.05, 4.69) is 20.9 Å². The van der Waals surface area contributed by atoms with E-state index in [4.69, 9.17) is 4.74 Å². The minimum absolute atomic E-state index is 0.00193. The molecular weight excluding hydrogens is 334 g/mol. The van der Waals surface area contributed by atoms with Gasteiger partial charge in [0.05, 0.1) is 13.2 Å². The first-order valence-corrected chi connectivity index (χ1v) is 8.41. The van der Waals surface area contributed by atoms with E-state index in [1.807, 2.05) is 6.07 Å². The van der Waals surface area contributed by atoms with Crippen molar-refractivity contribution in [1.29, 1.82) is 5.26 Å². The summed E-state index contributed by atoms with van der Waals surface area (Å²) in [6.07, 6.45) is 1.37. The topological polar surface area (TPSA) is 106 Å². The first-order valence-electron chi connectivity index (χ1n) is 8.41. The first kappa shape index (κ1) is 19.4. The molecule has 8 nitrogen and oxygen atoms in total. The van der Waals surface area contributed by atoms with Crippen LogP contribution in [0.3, 0.4) is 0 Å². The van der Waals surface area contributed by atoms with Crippen LogP contribution in [-0.4, -0.2) is 56.1 Å². The first-order chi connectivity index (χ1) is 12.6. The van der Waals surface area contributed by atoms with Crippen molar-refractivity contribution in [2.75, 3.05) is 50.0 Å². The van der Waals surface area contributed by atoms with Gasteiger partial charge in [0, 0.05) is 50.7 Å².